The lowest BCUT2D eigenvalue weighted by Crippen LogP contribution is -1.91. The highest BCUT2D eigenvalue weighted by atomic mass is 79.9. The van der Waals surface area contributed by atoms with Crippen LogP contribution in [0, 0.1) is 10.1 Å². The zero-order valence-corrected chi connectivity index (χ0v) is 11.9. The van der Waals surface area contributed by atoms with E-state index in [0.29, 0.717) is 5.69 Å². The van der Waals surface area contributed by atoms with Crippen LogP contribution >= 0.6 is 15.9 Å². The molecule has 0 radical (unpaired) electrons. The molecule has 0 fully saturated rings. The first kappa shape index (κ1) is 12.7. The molecule has 1 heterocycles. The van der Waals surface area contributed by atoms with E-state index in [2.05, 4.69) is 20.9 Å². The minimum Gasteiger partial charge on any atom is -0.258 e. The van der Waals surface area contributed by atoms with Crippen molar-refractivity contribution in [2.45, 2.75) is 0 Å². The Bertz CT molecular complexity index is 818. The number of pyridine rings is 1. The summed E-state index contributed by atoms with van der Waals surface area (Å²) < 4.78 is 0.816. The van der Waals surface area contributed by atoms with Crippen molar-refractivity contribution in [3.63, 3.8) is 0 Å². The zero-order chi connectivity index (χ0) is 14.1. The first-order valence-electron chi connectivity index (χ1n) is 5.95. The fourth-order valence-electron chi connectivity index (χ4n) is 2.06. The van der Waals surface area contributed by atoms with Gasteiger partial charge in [0.05, 0.1) is 16.1 Å². The monoisotopic (exact) mass is 328 g/mol. The van der Waals surface area contributed by atoms with Crippen LogP contribution in [0.15, 0.2) is 59.1 Å². The molecule has 0 aliphatic rings. The van der Waals surface area contributed by atoms with Crippen LogP contribution in [0.4, 0.5) is 5.69 Å². The third-order valence-corrected chi connectivity index (χ3v) is 3.61. The van der Waals surface area contributed by atoms with Crippen molar-refractivity contribution in [1.82, 2.24) is 4.98 Å². The number of halogens is 1. The van der Waals surface area contributed by atoms with E-state index in [4.69, 9.17) is 0 Å². The minimum atomic E-state index is -0.404. The van der Waals surface area contributed by atoms with Crippen LogP contribution < -0.4 is 0 Å². The second-order valence-electron chi connectivity index (χ2n) is 4.32. The van der Waals surface area contributed by atoms with Gasteiger partial charge in [-0.25, -0.2) is 4.98 Å². The predicted molar refractivity (Wildman–Crippen MR) is 81.5 cm³/mol. The van der Waals surface area contributed by atoms with Gasteiger partial charge in [-0.1, -0.05) is 30.3 Å². The number of rotatable bonds is 2. The summed E-state index contributed by atoms with van der Waals surface area (Å²) in [5.74, 6) is 0. The summed E-state index contributed by atoms with van der Waals surface area (Å²) in [6.07, 6.45) is 0. The van der Waals surface area contributed by atoms with Crippen LogP contribution in [0.2, 0.25) is 0 Å². The van der Waals surface area contributed by atoms with Gasteiger partial charge in [-0.05, 0) is 28.1 Å². The van der Waals surface area contributed by atoms with Crippen LogP contribution in [0.3, 0.4) is 0 Å². The standard InChI is InChI=1S/C15H9BrN2O2/c16-13-9-10-4-1-2-7-14(10)17-15(13)11-5-3-6-12(8-11)18(19)20/h1-9H. The summed E-state index contributed by atoms with van der Waals surface area (Å²) in [6.45, 7) is 0. The average Bonchev–Trinajstić information content (AvgIpc) is 2.46. The van der Waals surface area contributed by atoms with E-state index in [1.807, 2.05) is 36.4 Å². The third kappa shape index (κ3) is 2.28. The molecule has 0 aliphatic heterocycles. The minimum absolute atomic E-state index is 0.0596. The SMILES string of the molecule is O=[N+]([O-])c1cccc(-c2nc3ccccc3cc2Br)c1. The van der Waals surface area contributed by atoms with Crippen LogP contribution in [0.1, 0.15) is 0 Å². The highest BCUT2D eigenvalue weighted by Crippen LogP contribution is 2.31. The van der Waals surface area contributed by atoms with Gasteiger partial charge < -0.3 is 0 Å². The highest BCUT2D eigenvalue weighted by Gasteiger charge is 2.11. The first-order valence-corrected chi connectivity index (χ1v) is 6.74. The molecule has 0 bridgehead atoms. The number of non-ortho nitro benzene ring substituents is 1. The Morgan fingerprint density at radius 1 is 1.05 bits per heavy atom. The summed E-state index contributed by atoms with van der Waals surface area (Å²) in [5.41, 5.74) is 2.34. The maximum atomic E-state index is 10.9. The molecule has 1 aromatic heterocycles. The molecule has 5 heteroatoms. The number of para-hydroxylation sites is 1. The van der Waals surface area contributed by atoms with E-state index in [-0.39, 0.29) is 5.69 Å². The molecule has 0 saturated heterocycles. The normalized spacial score (nSPS) is 10.7. The molecule has 3 aromatic rings. The maximum Gasteiger partial charge on any atom is 0.270 e. The second kappa shape index (κ2) is 5.02. The van der Waals surface area contributed by atoms with Gasteiger partial charge in [0.15, 0.2) is 0 Å². The lowest BCUT2D eigenvalue weighted by molar-refractivity contribution is -0.384. The molecular weight excluding hydrogens is 320 g/mol. The first-order chi connectivity index (χ1) is 9.65. The van der Waals surface area contributed by atoms with Gasteiger partial charge in [-0.3, -0.25) is 10.1 Å². The molecule has 0 amide bonds. The Hall–Kier alpha value is -2.27. The van der Waals surface area contributed by atoms with Crippen molar-refractivity contribution in [2.75, 3.05) is 0 Å². The van der Waals surface area contributed by atoms with Crippen molar-refractivity contribution in [2.24, 2.45) is 0 Å². The van der Waals surface area contributed by atoms with E-state index < -0.39 is 4.92 Å². The number of hydrogen-bond acceptors (Lipinski definition) is 3. The van der Waals surface area contributed by atoms with Crippen molar-refractivity contribution in [3.8, 4) is 11.3 Å². The number of nitrogens with zero attached hydrogens (tertiary/aromatic N) is 2. The number of aromatic nitrogens is 1. The molecule has 0 atom stereocenters. The second-order valence-corrected chi connectivity index (χ2v) is 5.17. The Kier molecular flexibility index (Phi) is 3.20. The van der Waals surface area contributed by atoms with Crippen molar-refractivity contribution >= 4 is 32.5 Å². The number of hydrogen-bond donors (Lipinski definition) is 0. The van der Waals surface area contributed by atoms with E-state index in [9.17, 15) is 10.1 Å². The topological polar surface area (TPSA) is 56.0 Å². The van der Waals surface area contributed by atoms with Gasteiger partial charge in [0.1, 0.15) is 0 Å². The van der Waals surface area contributed by atoms with Crippen molar-refractivity contribution < 1.29 is 4.92 Å². The largest absolute Gasteiger partial charge is 0.270 e. The van der Waals surface area contributed by atoms with E-state index >= 15 is 0 Å². The molecule has 0 unspecified atom stereocenters. The summed E-state index contributed by atoms with van der Waals surface area (Å²) >= 11 is 3.48. The van der Waals surface area contributed by atoms with Gasteiger partial charge in [-0.2, -0.15) is 0 Å². The molecule has 3 rings (SSSR count). The predicted octanol–water partition coefficient (Wildman–Crippen LogP) is 4.57. The Labute approximate surface area is 123 Å². The van der Waals surface area contributed by atoms with E-state index in [0.717, 1.165) is 20.9 Å². The fraction of sp³-hybridized carbons (Fsp3) is 0. The number of nitro groups is 1. The summed E-state index contributed by atoms with van der Waals surface area (Å²) in [7, 11) is 0. The van der Waals surface area contributed by atoms with Gasteiger partial charge in [0.25, 0.3) is 5.69 Å². The Morgan fingerprint density at radius 3 is 2.65 bits per heavy atom. The van der Waals surface area contributed by atoms with E-state index in [1.165, 1.54) is 12.1 Å². The molecule has 2 aromatic carbocycles. The lowest BCUT2D eigenvalue weighted by atomic mass is 10.1. The maximum absolute atomic E-state index is 10.9. The number of nitro benzene ring substituents is 1. The molecule has 0 N–H and O–H groups in total. The molecule has 0 spiro atoms. The van der Waals surface area contributed by atoms with Gasteiger partial charge >= 0.3 is 0 Å². The molecular formula is C15H9BrN2O2. The molecule has 20 heavy (non-hydrogen) atoms. The molecule has 4 nitrogen and oxygen atoms in total. The van der Waals surface area contributed by atoms with Crippen molar-refractivity contribution in [3.05, 3.63) is 69.2 Å². The third-order valence-electron chi connectivity index (χ3n) is 3.01. The molecule has 0 aliphatic carbocycles. The van der Waals surface area contributed by atoms with Crippen LogP contribution in [-0.2, 0) is 0 Å². The average molecular weight is 329 g/mol. The smallest absolute Gasteiger partial charge is 0.258 e. The van der Waals surface area contributed by atoms with Crippen LogP contribution in [0.25, 0.3) is 22.2 Å². The molecule has 0 saturated carbocycles. The Balaban J connectivity index is 2.21. The molecule has 98 valence electrons. The lowest BCUT2D eigenvalue weighted by Gasteiger charge is -2.06. The zero-order valence-electron chi connectivity index (χ0n) is 10.3. The van der Waals surface area contributed by atoms with Gasteiger partial charge in [-0.15, -0.1) is 0 Å². The van der Waals surface area contributed by atoms with E-state index in [1.54, 1.807) is 6.07 Å². The van der Waals surface area contributed by atoms with Gasteiger partial charge in [0, 0.05) is 27.6 Å². The Morgan fingerprint density at radius 2 is 1.85 bits per heavy atom. The number of fused-ring (bicyclic) bond motifs is 1. The summed E-state index contributed by atoms with van der Waals surface area (Å²) in [6, 6.07) is 16.2. The summed E-state index contributed by atoms with van der Waals surface area (Å²) in [4.78, 5) is 15.0. The van der Waals surface area contributed by atoms with Crippen LogP contribution in [-0.4, -0.2) is 9.91 Å². The highest BCUT2D eigenvalue weighted by molar-refractivity contribution is 9.10. The van der Waals surface area contributed by atoms with Crippen molar-refractivity contribution in [1.29, 1.82) is 0 Å². The number of benzene rings is 2. The quantitative estimate of drug-likeness (QED) is 0.511. The van der Waals surface area contributed by atoms with Gasteiger partial charge in [0.2, 0.25) is 0 Å². The summed E-state index contributed by atoms with van der Waals surface area (Å²) in [5, 5.41) is 11.9. The van der Waals surface area contributed by atoms with Crippen LogP contribution in [0.5, 0.6) is 0 Å². The fourth-order valence-corrected chi connectivity index (χ4v) is 2.62.